The van der Waals surface area contributed by atoms with Crippen LogP contribution in [0.5, 0.6) is 5.75 Å². The van der Waals surface area contributed by atoms with Crippen molar-refractivity contribution in [3.05, 3.63) is 71.1 Å². The van der Waals surface area contributed by atoms with E-state index in [0.717, 1.165) is 5.41 Å². The van der Waals surface area contributed by atoms with Crippen LogP contribution in [0.4, 0.5) is 0 Å². The first-order chi connectivity index (χ1) is 13.8. The molecule has 154 valence electrons. The quantitative estimate of drug-likeness (QED) is 0.471. The zero-order chi connectivity index (χ0) is 21.3. The number of esters is 1. The predicted octanol–water partition coefficient (Wildman–Crippen LogP) is 2.79. The van der Waals surface area contributed by atoms with Crippen LogP contribution in [-0.2, 0) is 19.6 Å². The van der Waals surface area contributed by atoms with E-state index in [-0.39, 0.29) is 0 Å². The molecule has 0 radical (unpaired) electrons. The smallest absolute Gasteiger partial charge is 0.321 e. The fourth-order valence-corrected chi connectivity index (χ4v) is 3.10. The van der Waals surface area contributed by atoms with Crippen molar-refractivity contribution >= 4 is 27.9 Å². The molecule has 0 saturated carbocycles. The van der Waals surface area contributed by atoms with Gasteiger partial charge in [0.25, 0.3) is 0 Å². The number of hydrogen-bond donors (Lipinski definition) is 1. The van der Waals surface area contributed by atoms with E-state index in [1.54, 1.807) is 48.5 Å². The molecule has 0 aliphatic carbocycles. The summed E-state index contributed by atoms with van der Waals surface area (Å²) in [6, 6.07) is 15.3. The lowest BCUT2D eigenvalue weighted by atomic mass is 10.1. The van der Waals surface area contributed by atoms with Crippen LogP contribution >= 0.6 is 0 Å². The third-order valence-corrected chi connectivity index (χ3v) is 4.83. The standard InChI is InChI=1S/C21H23NO6S/c1-3-27-19-11-9-18(10-12-19)21(24)16(2)28-20(23)15-22-29(25,26)14-13-17-7-5-4-6-8-17/h4-14,16,22H,3,15H2,1-2H3/b14-13+/t16-/m1/s1. The molecule has 2 rings (SSSR count). The molecule has 29 heavy (non-hydrogen) atoms. The Kier molecular flexibility index (Phi) is 8.11. The summed E-state index contributed by atoms with van der Waals surface area (Å²) < 4.78 is 36.4. The van der Waals surface area contributed by atoms with E-state index in [4.69, 9.17) is 9.47 Å². The molecule has 0 saturated heterocycles. The highest BCUT2D eigenvalue weighted by Gasteiger charge is 2.20. The molecule has 0 heterocycles. The molecule has 0 aromatic heterocycles. The minimum absolute atomic E-state index is 0.361. The minimum atomic E-state index is -3.82. The van der Waals surface area contributed by atoms with E-state index >= 15 is 0 Å². The van der Waals surface area contributed by atoms with Crippen molar-refractivity contribution in [1.82, 2.24) is 4.72 Å². The lowest BCUT2D eigenvalue weighted by Crippen LogP contribution is -2.33. The summed E-state index contributed by atoms with van der Waals surface area (Å²) in [7, 11) is -3.82. The maximum Gasteiger partial charge on any atom is 0.321 e. The Morgan fingerprint density at radius 1 is 1.07 bits per heavy atom. The Balaban J connectivity index is 1.86. The molecule has 8 heteroatoms. The monoisotopic (exact) mass is 417 g/mol. The fraction of sp³-hybridized carbons (Fsp3) is 0.238. The van der Waals surface area contributed by atoms with Crippen molar-refractivity contribution in [1.29, 1.82) is 0 Å². The summed E-state index contributed by atoms with van der Waals surface area (Å²) in [6.45, 7) is 3.22. The van der Waals surface area contributed by atoms with Gasteiger partial charge in [0.2, 0.25) is 15.8 Å². The Hall–Kier alpha value is -2.97. The van der Waals surface area contributed by atoms with Gasteiger partial charge in [0.1, 0.15) is 12.3 Å². The van der Waals surface area contributed by atoms with Crippen LogP contribution in [0.3, 0.4) is 0 Å². The summed E-state index contributed by atoms with van der Waals surface area (Å²) in [6.07, 6.45) is 0.357. The molecule has 7 nitrogen and oxygen atoms in total. The number of sulfonamides is 1. The fourth-order valence-electron chi connectivity index (χ4n) is 2.35. The second-order valence-electron chi connectivity index (χ2n) is 6.03. The van der Waals surface area contributed by atoms with Crippen molar-refractivity contribution < 1.29 is 27.5 Å². The van der Waals surface area contributed by atoms with Gasteiger partial charge >= 0.3 is 5.97 Å². The van der Waals surface area contributed by atoms with E-state index in [2.05, 4.69) is 4.72 Å². The molecule has 0 aliphatic rings. The van der Waals surface area contributed by atoms with Crippen LogP contribution in [0.25, 0.3) is 6.08 Å². The number of rotatable bonds is 10. The van der Waals surface area contributed by atoms with Gasteiger partial charge in [0.05, 0.1) is 6.61 Å². The zero-order valence-corrected chi connectivity index (χ0v) is 17.0. The molecular formula is C21H23NO6S. The van der Waals surface area contributed by atoms with Gasteiger partial charge < -0.3 is 9.47 Å². The lowest BCUT2D eigenvalue weighted by Gasteiger charge is -2.13. The van der Waals surface area contributed by atoms with Crippen LogP contribution in [0.2, 0.25) is 0 Å². The predicted molar refractivity (Wildman–Crippen MR) is 110 cm³/mol. The molecule has 1 atom stereocenters. The molecule has 1 N–H and O–H groups in total. The Morgan fingerprint density at radius 3 is 2.34 bits per heavy atom. The van der Waals surface area contributed by atoms with Gasteiger partial charge in [-0.1, -0.05) is 30.3 Å². The first-order valence-electron chi connectivity index (χ1n) is 9.00. The zero-order valence-electron chi connectivity index (χ0n) is 16.2. The molecule has 0 unspecified atom stereocenters. The summed E-state index contributed by atoms with van der Waals surface area (Å²) >= 11 is 0. The molecule has 0 fully saturated rings. The maximum absolute atomic E-state index is 12.3. The van der Waals surface area contributed by atoms with E-state index in [1.807, 2.05) is 13.0 Å². The second kappa shape index (κ2) is 10.5. The second-order valence-corrected chi connectivity index (χ2v) is 7.68. The Labute approximate surface area is 170 Å². The normalized spacial score (nSPS) is 12.5. The van der Waals surface area contributed by atoms with Gasteiger partial charge in [0.15, 0.2) is 6.10 Å². The van der Waals surface area contributed by atoms with Crippen LogP contribution in [0, 0.1) is 0 Å². The van der Waals surface area contributed by atoms with E-state index in [9.17, 15) is 18.0 Å². The van der Waals surface area contributed by atoms with Gasteiger partial charge in [-0.25, -0.2) is 13.1 Å². The van der Waals surface area contributed by atoms with Gasteiger partial charge in [-0.15, -0.1) is 0 Å². The summed E-state index contributed by atoms with van der Waals surface area (Å²) in [5.41, 5.74) is 1.06. The van der Waals surface area contributed by atoms with E-state index < -0.39 is 34.4 Å². The van der Waals surface area contributed by atoms with E-state index in [0.29, 0.717) is 23.5 Å². The summed E-state index contributed by atoms with van der Waals surface area (Å²) in [5, 5.41) is 0.962. The van der Waals surface area contributed by atoms with Crippen LogP contribution in [-0.4, -0.2) is 39.4 Å². The highest BCUT2D eigenvalue weighted by molar-refractivity contribution is 7.92. The maximum atomic E-state index is 12.3. The number of benzene rings is 2. The summed E-state index contributed by atoms with van der Waals surface area (Å²) in [5.74, 6) is -0.617. The molecule has 2 aromatic rings. The van der Waals surface area contributed by atoms with Gasteiger partial charge in [0, 0.05) is 11.0 Å². The Morgan fingerprint density at radius 2 is 1.72 bits per heavy atom. The molecular weight excluding hydrogens is 394 g/mol. The van der Waals surface area contributed by atoms with Crippen molar-refractivity contribution in [3.63, 3.8) is 0 Å². The van der Waals surface area contributed by atoms with Crippen LogP contribution in [0.1, 0.15) is 29.8 Å². The summed E-state index contributed by atoms with van der Waals surface area (Å²) in [4.78, 5) is 24.2. The van der Waals surface area contributed by atoms with Crippen molar-refractivity contribution in [2.24, 2.45) is 0 Å². The number of carbonyl (C=O) groups excluding carboxylic acids is 2. The average Bonchev–Trinajstić information content (AvgIpc) is 2.72. The van der Waals surface area contributed by atoms with E-state index in [1.165, 1.54) is 13.0 Å². The Bertz CT molecular complexity index is 952. The SMILES string of the molecule is CCOc1ccc(C(=O)[C@@H](C)OC(=O)CNS(=O)(=O)/C=C/c2ccccc2)cc1. The first-order valence-corrected chi connectivity index (χ1v) is 10.5. The first kappa shape index (κ1) is 22.3. The van der Waals surface area contributed by atoms with Crippen molar-refractivity contribution in [3.8, 4) is 5.75 Å². The third-order valence-electron chi connectivity index (χ3n) is 3.78. The number of ether oxygens (including phenoxy) is 2. The third kappa shape index (κ3) is 7.52. The number of carbonyl (C=O) groups is 2. The lowest BCUT2D eigenvalue weighted by molar-refractivity contribution is -0.144. The van der Waals surface area contributed by atoms with Crippen LogP contribution < -0.4 is 9.46 Å². The molecule has 0 bridgehead atoms. The molecule has 0 aliphatic heterocycles. The van der Waals surface area contributed by atoms with Crippen LogP contribution in [0.15, 0.2) is 60.0 Å². The number of hydrogen-bond acceptors (Lipinski definition) is 6. The van der Waals surface area contributed by atoms with Gasteiger partial charge in [-0.05, 0) is 49.8 Å². The number of ketones is 1. The van der Waals surface area contributed by atoms with Crippen molar-refractivity contribution in [2.75, 3.05) is 13.2 Å². The van der Waals surface area contributed by atoms with Crippen molar-refractivity contribution in [2.45, 2.75) is 20.0 Å². The van der Waals surface area contributed by atoms with Gasteiger partial charge in [-0.3, -0.25) is 9.59 Å². The highest BCUT2D eigenvalue weighted by Crippen LogP contribution is 2.14. The molecule has 0 amide bonds. The van der Waals surface area contributed by atoms with Gasteiger partial charge in [-0.2, -0.15) is 0 Å². The highest BCUT2D eigenvalue weighted by atomic mass is 32.2. The molecule has 2 aromatic carbocycles. The topological polar surface area (TPSA) is 98.8 Å². The average molecular weight is 417 g/mol. The largest absolute Gasteiger partial charge is 0.494 e. The number of nitrogens with one attached hydrogen (secondary N) is 1. The molecule has 0 spiro atoms. The minimum Gasteiger partial charge on any atom is -0.494 e. The number of Topliss-reactive ketones (excluding diaryl/α,β-unsaturated/α-hetero) is 1.